The Morgan fingerprint density at radius 1 is 1.55 bits per heavy atom. The number of carbonyl (C=O) groups is 1. The Morgan fingerprint density at radius 3 is 2.64 bits per heavy atom. The Hall–Kier alpha value is -0.830. The van der Waals surface area contributed by atoms with Crippen LogP contribution in [0.2, 0.25) is 0 Å². The summed E-state index contributed by atoms with van der Waals surface area (Å²) in [5.41, 5.74) is 0. The lowest BCUT2D eigenvalue weighted by molar-refractivity contribution is -0.116. The summed E-state index contributed by atoms with van der Waals surface area (Å²) in [4.78, 5) is 12.8. The number of amides is 1. The van der Waals surface area contributed by atoms with Gasteiger partial charge in [-0.15, -0.1) is 0 Å². The first-order valence-electron chi connectivity index (χ1n) is 3.76. The number of carbonyl (C=O) groups excluding carboxylic acids is 1. The second kappa shape index (κ2) is 5.92. The summed E-state index contributed by atoms with van der Waals surface area (Å²) in [6, 6.07) is 0. The van der Waals surface area contributed by atoms with Gasteiger partial charge in [0.1, 0.15) is 0 Å². The van der Waals surface area contributed by atoms with Crippen LogP contribution in [0.4, 0.5) is 0 Å². The van der Waals surface area contributed by atoms with Crippen LogP contribution in [0.5, 0.6) is 0 Å². The fourth-order valence-electron chi connectivity index (χ4n) is 0.604. The third-order valence-corrected chi connectivity index (χ3v) is 1.09. The summed E-state index contributed by atoms with van der Waals surface area (Å²) in [5.74, 6) is -0.0191. The van der Waals surface area contributed by atoms with Crippen LogP contribution >= 0.6 is 0 Å². The monoisotopic (exact) mass is 156 g/mol. The molecular formula is C8H16N2O. The van der Waals surface area contributed by atoms with E-state index in [1.165, 1.54) is 0 Å². The minimum Gasteiger partial charge on any atom is -0.353 e. The van der Waals surface area contributed by atoms with Crippen molar-refractivity contribution in [2.45, 2.75) is 6.92 Å². The molecule has 0 bridgehead atoms. The maximum Gasteiger partial charge on any atom is 0.243 e. The van der Waals surface area contributed by atoms with Crippen LogP contribution in [0, 0.1) is 0 Å². The van der Waals surface area contributed by atoms with E-state index in [-0.39, 0.29) is 5.91 Å². The van der Waals surface area contributed by atoms with Gasteiger partial charge in [-0.1, -0.05) is 6.08 Å². The molecule has 0 rings (SSSR count). The molecule has 64 valence electrons. The predicted octanol–water partition coefficient (Wildman–Crippen LogP) is 0.240. The number of hydrogen-bond acceptors (Lipinski definition) is 2. The summed E-state index contributed by atoms with van der Waals surface area (Å²) >= 11 is 0. The number of nitrogens with zero attached hydrogens (tertiary/aromatic N) is 1. The standard InChI is InChI=1S/C8H16N2O/c1-4-9-8(11)6-5-7-10(2)3/h5-6H,4,7H2,1-3H3,(H,9,11). The van der Waals surface area contributed by atoms with Gasteiger partial charge in [0.2, 0.25) is 5.91 Å². The molecule has 0 aliphatic heterocycles. The zero-order valence-corrected chi connectivity index (χ0v) is 7.42. The van der Waals surface area contributed by atoms with Gasteiger partial charge in [-0.2, -0.15) is 0 Å². The first-order chi connectivity index (χ1) is 5.16. The highest BCUT2D eigenvalue weighted by Gasteiger charge is 1.89. The maximum absolute atomic E-state index is 10.8. The molecular weight excluding hydrogens is 140 g/mol. The van der Waals surface area contributed by atoms with Crippen molar-refractivity contribution in [3.8, 4) is 0 Å². The zero-order valence-electron chi connectivity index (χ0n) is 7.42. The molecule has 0 aliphatic carbocycles. The maximum atomic E-state index is 10.8. The SMILES string of the molecule is CCNC(=O)C=CCN(C)C. The van der Waals surface area contributed by atoms with E-state index in [1.54, 1.807) is 6.08 Å². The van der Waals surface area contributed by atoms with Gasteiger partial charge in [0.25, 0.3) is 0 Å². The lowest BCUT2D eigenvalue weighted by atomic mass is 10.4. The number of likely N-dealkylation sites (N-methyl/N-ethyl adjacent to an activating group) is 2. The van der Waals surface area contributed by atoms with Crippen molar-refractivity contribution in [1.82, 2.24) is 10.2 Å². The molecule has 0 aromatic heterocycles. The van der Waals surface area contributed by atoms with Gasteiger partial charge in [-0.25, -0.2) is 0 Å². The average Bonchev–Trinajstić information content (AvgIpc) is 1.87. The highest BCUT2D eigenvalue weighted by Crippen LogP contribution is 1.77. The molecule has 0 unspecified atom stereocenters. The van der Waals surface area contributed by atoms with Crippen molar-refractivity contribution in [3.05, 3.63) is 12.2 Å². The van der Waals surface area contributed by atoms with Crippen LogP contribution in [0.3, 0.4) is 0 Å². The topological polar surface area (TPSA) is 32.3 Å². The van der Waals surface area contributed by atoms with Crippen LogP contribution in [0.25, 0.3) is 0 Å². The van der Waals surface area contributed by atoms with Crippen molar-refractivity contribution in [2.24, 2.45) is 0 Å². The smallest absolute Gasteiger partial charge is 0.243 e. The molecule has 0 saturated carbocycles. The molecule has 11 heavy (non-hydrogen) atoms. The third-order valence-electron chi connectivity index (χ3n) is 1.09. The molecule has 0 atom stereocenters. The largest absolute Gasteiger partial charge is 0.353 e. The highest BCUT2D eigenvalue weighted by molar-refractivity contribution is 5.87. The Morgan fingerprint density at radius 2 is 2.18 bits per heavy atom. The van der Waals surface area contributed by atoms with Crippen molar-refractivity contribution in [1.29, 1.82) is 0 Å². The molecule has 0 aliphatic rings. The van der Waals surface area contributed by atoms with Crippen LogP contribution in [0.15, 0.2) is 12.2 Å². The molecule has 0 heterocycles. The first kappa shape index (κ1) is 10.2. The Balaban J connectivity index is 3.48. The normalized spacial score (nSPS) is 10.9. The molecule has 0 saturated heterocycles. The van der Waals surface area contributed by atoms with Crippen LogP contribution in [0.1, 0.15) is 6.92 Å². The van der Waals surface area contributed by atoms with Crippen LogP contribution in [-0.4, -0.2) is 38.0 Å². The lowest BCUT2D eigenvalue weighted by Crippen LogP contribution is -2.20. The van der Waals surface area contributed by atoms with Crippen molar-refractivity contribution < 1.29 is 4.79 Å². The molecule has 3 heteroatoms. The van der Waals surface area contributed by atoms with Gasteiger partial charge in [0.15, 0.2) is 0 Å². The van der Waals surface area contributed by atoms with E-state index in [9.17, 15) is 4.79 Å². The molecule has 0 spiro atoms. The average molecular weight is 156 g/mol. The number of nitrogens with one attached hydrogen (secondary N) is 1. The van der Waals surface area contributed by atoms with E-state index in [0.29, 0.717) is 6.54 Å². The molecule has 0 fully saturated rings. The quantitative estimate of drug-likeness (QED) is 0.591. The molecule has 1 amide bonds. The lowest BCUT2D eigenvalue weighted by Gasteiger charge is -2.03. The van der Waals surface area contributed by atoms with Gasteiger partial charge < -0.3 is 10.2 Å². The van der Waals surface area contributed by atoms with Crippen LogP contribution in [-0.2, 0) is 4.79 Å². The van der Waals surface area contributed by atoms with E-state index >= 15 is 0 Å². The minimum atomic E-state index is -0.0191. The van der Waals surface area contributed by atoms with Gasteiger partial charge in [-0.3, -0.25) is 4.79 Å². The zero-order chi connectivity index (χ0) is 8.69. The van der Waals surface area contributed by atoms with Gasteiger partial charge >= 0.3 is 0 Å². The summed E-state index contributed by atoms with van der Waals surface area (Å²) in [5, 5.41) is 2.67. The van der Waals surface area contributed by atoms with E-state index in [1.807, 2.05) is 32.0 Å². The van der Waals surface area contributed by atoms with E-state index in [4.69, 9.17) is 0 Å². The van der Waals surface area contributed by atoms with E-state index < -0.39 is 0 Å². The molecule has 0 aromatic carbocycles. The molecule has 0 radical (unpaired) electrons. The van der Waals surface area contributed by atoms with Crippen molar-refractivity contribution >= 4 is 5.91 Å². The number of rotatable bonds is 4. The highest BCUT2D eigenvalue weighted by atomic mass is 16.1. The summed E-state index contributed by atoms with van der Waals surface area (Å²) < 4.78 is 0. The van der Waals surface area contributed by atoms with Gasteiger partial charge in [0.05, 0.1) is 0 Å². The fourth-order valence-corrected chi connectivity index (χ4v) is 0.604. The summed E-state index contributed by atoms with van der Waals surface area (Å²) in [6.07, 6.45) is 3.40. The van der Waals surface area contributed by atoms with Crippen molar-refractivity contribution in [2.75, 3.05) is 27.2 Å². The summed E-state index contributed by atoms with van der Waals surface area (Å²) in [7, 11) is 3.92. The van der Waals surface area contributed by atoms with Gasteiger partial charge in [-0.05, 0) is 21.0 Å². The molecule has 0 aromatic rings. The Kier molecular flexibility index (Phi) is 5.47. The Labute approximate surface area is 68.1 Å². The predicted molar refractivity (Wildman–Crippen MR) is 46.4 cm³/mol. The minimum absolute atomic E-state index is 0.0191. The van der Waals surface area contributed by atoms with Crippen molar-refractivity contribution in [3.63, 3.8) is 0 Å². The van der Waals surface area contributed by atoms with E-state index in [2.05, 4.69) is 5.32 Å². The number of hydrogen-bond donors (Lipinski definition) is 1. The van der Waals surface area contributed by atoms with Gasteiger partial charge in [0, 0.05) is 19.2 Å². The molecule has 1 N–H and O–H groups in total. The third kappa shape index (κ3) is 7.06. The second-order valence-corrected chi connectivity index (χ2v) is 2.56. The van der Waals surface area contributed by atoms with E-state index in [0.717, 1.165) is 6.54 Å². The summed E-state index contributed by atoms with van der Waals surface area (Å²) in [6.45, 7) is 3.39. The Bertz CT molecular complexity index is 141. The molecule has 3 nitrogen and oxygen atoms in total. The second-order valence-electron chi connectivity index (χ2n) is 2.56. The van der Waals surface area contributed by atoms with Crippen LogP contribution < -0.4 is 5.32 Å². The first-order valence-corrected chi connectivity index (χ1v) is 3.76. The fraction of sp³-hybridized carbons (Fsp3) is 0.625.